The number of alkyl halides is 3. The van der Waals surface area contributed by atoms with Gasteiger partial charge in [-0.25, -0.2) is 4.98 Å². The average molecular weight is 290 g/mol. The van der Waals surface area contributed by atoms with Crippen LogP contribution in [0.15, 0.2) is 48.7 Å². The van der Waals surface area contributed by atoms with Gasteiger partial charge in [0.1, 0.15) is 17.0 Å². The molecule has 0 N–H and O–H groups in total. The summed E-state index contributed by atoms with van der Waals surface area (Å²) in [7, 11) is 0. The molecule has 3 nitrogen and oxygen atoms in total. The quantitative estimate of drug-likeness (QED) is 0.672. The minimum atomic E-state index is -4.44. The molecule has 0 spiro atoms. The van der Waals surface area contributed by atoms with E-state index in [1.54, 1.807) is 24.3 Å². The molecule has 0 saturated carbocycles. The fourth-order valence-corrected chi connectivity index (χ4v) is 2.16. The molecule has 6 heteroatoms. The fraction of sp³-hybridized carbons (Fsp3) is 0.0667. The Morgan fingerprint density at radius 3 is 2.43 bits per heavy atom. The summed E-state index contributed by atoms with van der Waals surface area (Å²) in [5.41, 5.74) is 0.564. The van der Waals surface area contributed by atoms with E-state index in [9.17, 15) is 18.0 Å². The monoisotopic (exact) mass is 290 g/mol. The molecule has 2 aromatic heterocycles. The molecule has 0 saturated heterocycles. The van der Waals surface area contributed by atoms with E-state index >= 15 is 0 Å². The van der Waals surface area contributed by atoms with Crippen molar-refractivity contribution in [1.29, 1.82) is 0 Å². The van der Waals surface area contributed by atoms with Gasteiger partial charge in [-0.05, 0) is 12.1 Å². The van der Waals surface area contributed by atoms with E-state index in [1.165, 1.54) is 10.6 Å². The van der Waals surface area contributed by atoms with Crippen molar-refractivity contribution >= 4 is 11.9 Å². The SMILES string of the molecule is O=Cc1c(-c2ccccc2)nc2cc(C(F)(F)F)ccn12. The Morgan fingerprint density at radius 2 is 1.81 bits per heavy atom. The number of halogens is 3. The molecule has 0 aliphatic heterocycles. The standard InChI is InChI=1S/C15H9F3N2O/c16-15(17,18)11-6-7-20-12(9-21)14(19-13(20)8-11)10-4-2-1-3-5-10/h1-9H. The zero-order valence-corrected chi connectivity index (χ0v) is 10.6. The third kappa shape index (κ3) is 2.29. The molecule has 3 rings (SSSR count). The number of carbonyl (C=O) groups excluding carboxylic acids is 1. The third-order valence-corrected chi connectivity index (χ3v) is 3.15. The van der Waals surface area contributed by atoms with E-state index < -0.39 is 11.7 Å². The molecule has 0 amide bonds. The van der Waals surface area contributed by atoms with Crippen LogP contribution in [0, 0.1) is 0 Å². The molecule has 2 heterocycles. The normalized spacial score (nSPS) is 11.8. The van der Waals surface area contributed by atoms with Crippen molar-refractivity contribution in [3.05, 3.63) is 59.9 Å². The highest BCUT2D eigenvalue weighted by atomic mass is 19.4. The fourth-order valence-electron chi connectivity index (χ4n) is 2.16. The van der Waals surface area contributed by atoms with E-state index in [1.807, 2.05) is 6.07 Å². The second kappa shape index (κ2) is 4.73. The van der Waals surface area contributed by atoms with Gasteiger partial charge >= 0.3 is 6.18 Å². The second-order valence-corrected chi connectivity index (χ2v) is 4.47. The van der Waals surface area contributed by atoms with Crippen LogP contribution >= 0.6 is 0 Å². The molecule has 0 aliphatic rings. The smallest absolute Gasteiger partial charge is 0.297 e. The maximum absolute atomic E-state index is 12.7. The van der Waals surface area contributed by atoms with Crippen molar-refractivity contribution < 1.29 is 18.0 Å². The molecular weight excluding hydrogens is 281 g/mol. The maximum Gasteiger partial charge on any atom is 0.416 e. The first kappa shape index (κ1) is 13.4. The van der Waals surface area contributed by atoms with Crippen LogP contribution in [0.2, 0.25) is 0 Å². The molecule has 0 fully saturated rings. The van der Waals surface area contributed by atoms with Crippen molar-refractivity contribution in [2.45, 2.75) is 6.18 Å². The van der Waals surface area contributed by atoms with Gasteiger partial charge in [-0.3, -0.25) is 9.20 Å². The van der Waals surface area contributed by atoms with Crippen LogP contribution in [0.3, 0.4) is 0 Å². The van der Waals surface area contributed by atoms with Gasteiger partial charge in [0.2, 0.25) is 0 Å². The van der Waals surface area contributed by atoms with Crippen molar-refractivity contribution in [2.24, 2.45) is 0 Å². The Hall–Kier alpha value is -2.63. The van der Waals surface area contributed by atoms with Crippen LogP contribution in [-0.4, -0.2) is 15.7 Å². The molecule has 0 radical (unpaired) electrons. The summed E-state index contributed by atoms with van der Waals surface area (Å²) in [5.74, 6) is 0. The van der Waals surface area contributed by atoms with Gasteiger partial charge in [0.05, 0.1) is 5.56 Å². The molecular formula is C15H9F3N2O. The molecule has 0 atom stereocenters. The van der Waals surface area contributed by atoms with Crippen LogP contribution in [0.4, 0.5) is 13.2 Å². The van der Waals surface area contributed by atoms with Crippen LogP contribution < -0.4 is 0 Å². The highest BCUT2D eigenvalue weighted by Gasteiger charge is 2.31. The number of fused-ring (bicyclic) bond motifs is 1. The molecule has 21 heavy (non-hydrogen) atoms. The Bertz CT molecular complexity index is 807. The first-order chi connectivity index (χ1) is 10.0. The number of pyridine rings is 1. The average Bonchev–Trinajstić information content (AvgIpc) is 2.84. The highest BCUT2D eigenvalue weighted by Crippen LogP contribution is 2.31. The number of carbonyl (C=O) groups is 1. The lowest BCUT2D eigenvalue weighted by Gasteiger charge is -2.06. The number of imidazole rings is 1. The zero-order chi connectivity index (χ0) is 15.0. The molecule has 0 unspecified atom stereocenters. The Balaban J connectivity index is 2.25. The number of benzene rings is 1. The summed E-state index contributed by atoms with van der Waals surface area (Å²) in [4.78, 5) is 15.4. The van der Waals surface area contributed by atoms with E-state index in [0.717, 1.165) is 12.1 Å². The van der Waals surface area contributed by atoms with Gasteiger partial charge in [0.25, 0.3) is 0 Å². The predicted octanol–water partition coefficient (Wildman–Crippen LogP) is 3.83. The maximum atomic E-state index is 12.7. The van der Waals surface area contributed by atoms with Crippen LogP contribution in [0.5, 0.6) is 0 Å². The number of aromatic nitrogens is 2. The summed E-state index contributed by atoms with van der Waals surface area (Å²) in [6, 6.07) is 10.7. The topological polar surface area (TPSA) is 34.4 Å². The van der Waals surface area contributed by atoms with Gasteiger partial charge in [0, 0.05) is 11.8 Å². The number of nitrogens with zero attached hydrogens (tertiary/aromatic N) is 2. The lowest BCUT2D eigenvalue weighted by atomic mass is 10.1. The van der Waals surface area contributed by atoms with E-state index in [4.69, 9.17) is 0 Å². The molecule has 106 valence electrons. The van der Waals surface area contributed by atoms with Crippen molar-refractivity contribution in [3.63, 3.8) is 0 Å². The van der Waals surface area contributed by atoms with Gasteiger partial charge < -0.3 is 0 Å². The zero-order valence-electron chi connectivity index (χ0n) is 10.6. The third-order valence-electron chi connectivity index (χ3n) is 3.15. The van der Waals surface area contributed by atoms with E-state index in [0.29, 0.717) is 17.5 Å². The summed E-state index contributed by atoms with van der Waals surface area (Å²) in [6.45, 7) is 0. The number of hydrogen-bond donors (Lipinski definition) is 0. The van der Waals surface area contributed by atoms with Gasteiger partial charge in [-0.1, -0.05) is 30.3 Å². The second-order valence-electron chi connectivity index (χ2n) is 4.47. The van der Waals surface area contributed by atoms with E-state index in [2.05, 4.69) is 4.98 Å². The van der Waals surface area contributed by atoms with Crippen molar-refractivity contribution in [3.8, 4) is 11.3 Å². The van der Waals surface area contributed by atoms with E-state index in [-0.39, 0.29) is 11.3 Å². The number of rotatable bonds is 2. The first-order valence-electron chi connectivity index (χ1n) is 6.10. The number of aldehydes is 1. The van der Waals surface area contributed by atoms with Gasteiger partial charge in [0.15, 0.2) is 6.29 Å². The Kier molecular flexibility index (Phi) is 3.01. The lowest BCUT2D eigenvalue weighted by Crippen LogP contribution is -2.05. The minimum Gasteiger partial charge on any atom is -0.297 e. The molecule has 1 aromatic carbocycles. The number of hydrogen-bond acceptors (Lipinski definition) is 2. The summed E-state index contributed by atoms with van der Waals surface area (Å²) in [5, 5.41) is 0. The Morgan fingerprint density at radius 1 is 1.10 bits per heavy atom. The van der Waals surface area contributed by atoms with Crippen LogP contribution in [0.25, 0.3) is 16.9 Å². The molecule has 0 bridgehead atoms. The van der Waals surface area contributed by atoms with Gasteiger partial charge in [-0.15, -0.1) is 0 Å². The van der Waals surface area contributed by atoms with Crippen LogP contribution in [-0.2, 0) is 6.18 Å². The lowest BCUT2D eigenvalue weighted by molar-refractivity contribution is -0.137. The summed E-state index contributed by atoms with van der Waals surface area (Å²) in [6.07, 6.45) is -2.64. The molecule has 3 aromatic rings. The van der Waals surface area contributed by atoms with Crippen molar-refractivity contribution in [2.75, 3.05) is 0 Å². The predicted molar refractivity (Wildman–Crippen MR) is 71.0 cm³/mol. The highest BCUT2D eigenvalue weighted by molar-refractivity contribution is 5.86. The Labute approximate surface area is 117 Å². The largest absolute Gasteiger partial charge is 0.416 e. The summed E-state index contributed by atoms with van der Waals surface area (Å²) >= 11 is 0. The molecule has 0 aliphatic carbocycles. The first-order valence-corrected chi connectivity index (χ1v) is 6.10. The minimum absolute atomic E-state index is 0.0887. The summed E-state index contributed by atoms with van der Waals surface area (Å²) < 4.78 is 39.5. The van der Waals surface area contributed by atoms with Gasteiger partial charge in [-0.2, -0.15) is 13.2 Å². The van der Waals surface area contributed by atoms with Crippen molar-refractivity contribution in [1.82, 2.24) is 9.38 Å². The van der Waals surface area contributed by atoms with Crippen LogP contribution in [0.1, 0.15) is 16.1 Å².